The van der Waals surface area contributed by atoms with E-state index in [1.807, 2.05) is 0 Å². The van der Waals surface area contributed by atoms with Crippen molar-refractivity contribution in [2.45, 2.75) is 57.1 Å². The predicted molar refractivity (Wildman–Crippen MR) is 58.6 cm³/mol. The van der Waals surface area contributed by atoms with Gasteiger partial charge in [0, 0.05) is 32.0 Å². The van der Waals surface area contributed by atoms with Gasteiger partial charge in [-0.25, -0.2) is 8.78 Å². The monoisotopic (exact) mass is 233 g/mol. The number of nitrogens with zero attached hydrogens (tertiary/aromatic N) is 1. The lowest BCUT2D eigenvalue weighted by Crippen LogP contribution is -2.50. The maximum absolute atomic E-state index is 13.0. The Morgan fingerprint density at radius 1 is 1.19 bits per heavy atom. The van der Waals surface area contributed by atoms with E-state index in [-0.39, 0.29) is 18.9 Å². The number of rotatable bonds is 1. The highest BCUT2D eigenvalue weighted by Gasteiger charge is 2.39. The molecule has 0 bridgehead atoms. The smallest absolute Gasteiger partial charge is 0.250 e. The van der Waals surface area contributed by atoms with Crippen molar-refractivity contribution in [1.29, 1.82) is 0 Å². The fourth-order valence-electron chi connectivity index (χ4n) is 2.97. The third-order valence-corrected chi connectivity index (χ3v) is 4.12. The van der Waals surface area contributed by atoms with Crippen LogP contribution < -0.4 is 0 Å². The van der Waals surface area contributed by atoms with Gasteiger partial charge in [-0.05, 0) is 25.2 Å². The van der Waals surface area contributed by atoms with Crippen LogP contribution in [-0.4, -0.2) is 41.2 Å². The van der Waals surface area contributed by atoms with Gasteiger partial charge in [-0.2, -0.15) is 0 Å². The van der Waals surface area contributed by atoms with E-state index in [0.717, 1.165) is 19.3 Å². The summed E-state index contributed by atoms with van der Waals surface area (Å²) >= 11 is 0. The summed E-state index contributed by atoms with van der Waals surface area (Å²) in [5, 5.41) is 9.66. The zero-order valence-electron chi connectivity index (χ0n) is 9.83. The van der Waals surface area contributed by atoms with Crippen molar-refractivity contribution in [3.8, 4) is 0 Å². The molecule has 1 saturated heterocycles. The summed E-state index contributed by atoms with van der Waals surface area (Å²) in [6.07, 6.45) is 2.36. The number of aliphatic hydroxyl groups excluding tert-OH is 1. The van der Waals surface area contributed by atoms with Gasteiger partial charge in [-0.15, -0.1) is 0 Å². The molecule has 0 amide bonds. The number of likely N-dealkylation sites (tertiary alicyclic amines) is 1. The lowest BCUT2D eigenvalue weighted by Gasteiger charge is -2.43. The van der Waals surface area contributed by atoms with Crippen molar-refractivity contribution in [3.63, 3.8) is 0 Å². The summed E-state index contributed by atoms with van der Waals surface area (Å²) in [5.74, 6) is -1.94. The van der Waals surface area contributed by atoms with Gasteiger partial charge in [-0.3, -0.25) is 4.90 Å². The van der Waals surface area contributed by atoms with E-state index in [9.17, 15) is 13.9 Å². The molecule has 0 aromatic rings. The van der Waals surface area contributed by atoms with Crippen LogP contribution in [0.3, 0.4) is 0 Å². The number of piperidine rings is 1. The van der Waals surface area contributed by atoms with E-state index >= 15 is 0 Å². The van der Waals surface area contributed by atoms with Gasteiger partial charge in [-0.1, -0.05) is 6.92 Å². The van der Waals surface area contributed by atoms with Crippen molar-refractivity contribution in [2.24, 2.45) is 5.92 Å². The highest BCUT2D eigenvalue weighted by Crippen LogP contribution is 2.34. The molecule has 1 aliphatic heterocycles. The normalized spacial score (nSPS) is 40.9. The molecule has 3 unspecified atom stereocenters. The van der Waals surface area contributed by atoms with Crippen molar-refractivity contribution >= 4 is 0 Å². The van der Waals surface area contributed by atoms with Crippen LogP contribution in [0.15, 0.2) is 0 Å². The minimum absolute atomic E-state index is 0.0215. The molecule has 0 aromatic carbocycles. The summed E-state index contributed by atoms with van der Waals surface area (Å²) < 4.78 is 26.1. The SMILES string of the molecule is CC1CCC(O)CC1N1CCC(F)(F)CC1. The Kier molecular flexibility index (Phi) is 3.50. The average molecular weight is 233 g/mol. The van der Waals surface area contributed by atoms with Gasteiger partial charge < -0.3 is 5.11 Å². The molecular formula is C12H21F2NO. The first-order valence-corrected chi connectivity index (χ1v) is 6.28. The topological polar surface area (TPSA) is 23.5 Å². The first-order valence-electron chi connectivity index (χ1n) is 6.28. The molecule has 4 heteroatoms. The van der Waals surface area contributed by atoms with Crippen molar-refractivity contribution in [2.75, 3.05) is 13.1 Å². The van der Waals surface area contributed by atoms with Crippen LogP contribution in [0.2, 0.25) is 0 Å². The van der Waals surface area contributed by atoms with Crippen LogP contribution in [-0.2, 0) is 0 Å². The largest absolute Gasteiger partial charge is 0.393 e. The maximum atomic E-state index is 13.0. The molecule has 1 saturated carbocycles. The summed E-state index contributed by atoms with van der Waals surface area (Å²) in [6, 6.07) is 0.305. The molecule has 3 atom stereocenters. The van der Waals surface area contributed by atoms with Gasteiger partial charge in [0.2, 0.25) is 0 Å². The number of hydrogen-bond donors (Lipinski definition) is 1. The molecule has 0 spiro atoms. The Labute approximate surface area is 95.6 Å². The number of halogens is 2. The second-order valence-corrected chi connectivity index (χ2v) is 5.40. The third-order valence-electron chi connectivity index (χ3n) is 4.12. The Morgan fingerprint density at radius 3 is 2.44 bits per heavy atom. The van der Waals surface area contributed by atoms with Crippen LogP contribution in [0.25, 0.3) is 0 Å². The van der Waals surface area contributed by atoms with Crippen LogP contribution in [0.4, 0.5) is 8.78 Å². The highest BCUT2D eigenvalue weighted by molar-refractivity contribution is 4.88. The van der Waals surface area contributed by atoms with Crippen molar-refractivity contribution in [3.05, 3.63) is 0 Å². The fraction of sp³-hybridized carbons (Fsp3) is 1.00. The van der Waals surface area contributed by atoms with Crippen molar-refractivity contribution < 1.29 is 13.9 Å². The minimum Gasteiger partial charge on any atom is -0.393 e. The predicted octanol–water partition coefficient (Wildman–Crippen LogP) is 2.27. The molecule has 1 N–H and O–H groups in total. The molecule has 2 nitrogen and oxygen atoms in total. The second kappa shape index (κ2) is 4.57. The lowest BCUT2D eigenvalue weighted by molar-refractivity contribution is -0.0765. The van der Waals surface area contributed by atoms with Crippen LogP contribution in [0.1, 0.15) is 39.0 Å². The molecule has 2 aliphatic rings. The van der Waals surface area contributed by atoms with Gasteiger partial charge >= 0.3 is 0 Å². The van der Waals surface area contributed by atoms with E-state index in [4.69, 9.17) is 0 Å². The van der Waals surface area contributed by atoms with E-state index in [0.29, 0.717) is 25.0 Å². The number of hydrogen-bond acceptors (Lipinski definition) is 2. The summed E-state index contributed by atoms with van der Waals surface area (Å²) in [4.78, 5) is 2.16. The Morgan fingerprint density at radius 2 is 1.81 bits per heavy atom. The Bertz CT molecular complexity index is 237. The van der Waals surface area contributed by atoms with Crippen LogP contribution in [0, 0.1) is 5.92 Å². The molecule has 94 valence electrons. The van der Waals surface area contributed by atoms with E-state index < -0.39 is 5.92 Å². The lowest BCUT2D eigenvalue weighted by atomic mass is 9.82. The number of aliphatic hydroxyl groups is 1. The van der Waals surface area contributed by atoms with Gasteiger partial charge in [0.05, 0.1) is 6.10 Å². The summed E-state index contributed by atoms with van der Waals surface area (Å²) in [7, 11) is 0. The molecular weight excluding hydrogens is 212 g/mol. The summed E-state index contributed by atoms with van der Waals surface area (Å²) in [6.45, 7) is 3.13. The minimum atomic E-state index is -2.47. The van der Waals surface area contributed by atoms with Crippen LogP contribution in [0.5, 0.6) is 0 Å². The molecule has 1 aliphatic carbocycles. The maximum Gasteiger partial charge on any atom is 0.250 e. The molecule has 0 radical (unpaired) electrons. The first kappa shape index (κ1) is 12.2. The van der Waals surface area contributed by atoms with E-state index in [1.165, 1.54) is 0 Å². The second-order valence-electron chi connectivity index (χ2n) is 5.40. The fourth-order valence-corrected chi connectivity index (χ4v) is 2.97. The highest BCUT2D eigenvalue weighted by atomic mass is 19.3. The van der Waals surface area contributed by atoms with Crippen LogP contribution >= 0.6 is 0 Å². The number of alkyl halides is 2. The zero-order valence-corrected chi connectivity index (χ0v) is 9.83. The van der Waals surface area contributed by atoms with E-state index in [2.05, 4.69) is 11.8 Å². The standard InChI is InChI=1S/C12H21F2NO/c1-9-2-3-10(16)8-11(9)15-6-4-12(13,14)5-7-15/h9-11,16H,2-8H2,1H3. The first-order chi connectivity index (χ1) is 7.48. The molecule has 2 rings (SSSR count). The van der Waals surface area contributed by atoms with Crippen molar-refractivity contribution in [1.82, 2.24) is 4.90 Å². The van der Waals surface area contributed by atoms with E-state index in [1.54, 1.807) is 0 Å². The van der Waals surface area contributed by atoms with Gasteiger partial charge in [0.1, 0.15) is 0 Å². The summed E-state index contributed by atoms with van der Waals surface area (Å²) in [5.41, 5.74) is 0. The quantitative estimate of drug-likeness (QED) is 0.751. The zero-order chi connectivity index (χ0) is 11.8. The Hall–Kier alpha value is -0.220. The molecule has 16 heavy (non-hydrogen) atoms. The van der Waals surface area contributed by atoms with Gasteiger partial charge in [0.15, 0.2) is 0 Å². The third kappa shape index (κ3) is 2.72. The molecule has 0 aromatic heterocycles. The average Bonchev–Trinajstić information content (AvgIpc) is 2.22. The Balaban J connectivity index is 1.92. The molecule has 1 heterocycles. The van der Waals surface area contributed by atoms with Gasteiger partial charge in [0.25, 0.3) is 5.92 Å². The molecule has 2 fully saturated rings.